The van der Waals surface area contributed by atoms with Crippen molar-refractivity contribution in [1.29, 1.82) is 0 Å². The van der Waals surface area contributed by atoms with Gasteiger partial charge >= 0.3 is 0 Å². The van der Waals surface area contributed by atoms with Crippen LogP contribution < -0.4 is 5.73 Å². The summed E-state index contributed by atoms with van der Waals surface area (Å²) < 4.78 is 1.88. The van der Waals surface area contributed by atoms with Crippen LogP contribution in [-0.2, 0) is 6.42 Å². The standard InChI is InChI=1S/C21H26N6/c1-14-20(15(2)27-21(23-14)24-16(3)25-27)12-17-10-11-26(13-17)19-8-4-6-18(22)7-5-9-19/h4-9,17H,10-13,22H2,1-3H3/b6-4-,7-5?,8-4?,9-5-,18-6?,18-7+,19-8+,19-9?. The predicted octanol–water partition coefficient (Wildman–Crippen LogP) is 2.77. The summed E-state index contributed by atoms with van der Waals surface area (Å²) in [4.78, 5) is 11.5. The number of allylic oxidation sites excluding steroid dienone is 6. The lowest BCUT2D eigenvalue weighted by Crippen LogP contribution is -2.20. The van der Waals surface area contributed by atoms with Crippen molar-refractivity contribution in [2.45, 2.75) is 33.6 Å². The van der Waals surface area contributed by atoms with Crippen LogP contribution in [0.15, 0.2) is 47.9 Å². The van der Waals surface area contributed by atoms with Gasteiger partial charge in [-0.1, -0.05) is 12.2 Å². The Morgan fingerprint density at radius 1 is 1.11 bits per heavy atom. The first-order chi connectivity index (χ1) is 13.0. The van der Waals surface area contributed by atoms with Crippen molar-refractivity contribution in [3.8, 4) is 0 Å². The Balaban J connectivity index is 1.51. The molecule has 1 atom stereocenters. The molecule has 0 spiro atoms. The van der Waals surface area contributed by atoms with Gasteiger partial charge in [-0.3, -0.25) is 0 Å². The minimum absolute atomic E-state index is 0.607. The summed E-state index contributed by atoms with van der Waals surface area (Å²) in [6.07, 6.45) is 14.4. The molecule has 2 aromatic heterocycles. The minimum Gasteiger partial charge on any atom is -0.399 e. The molecule has 1 unspecified atom stereocenters. The third-order valence-corrected chi connectivity index (χ3v) is 5.41. The second-order valence-electron chi connectivity index (χ2n) is 7.41. The minimum atomic E-state index is 0.607. The summed E-state index contributed by atoms with van der Waals surface area (Å²) in [5.74, 6) is 2.07. The van der Waals surface area contributed by atoms with Gasteiger partial charge in [0, 0.05) is 35.9 Å². The molecule has 0 radical (unpaired) electrons. The van der Waals surface area contributed by atoms with Crippen LogP contribution in [0.3, 0.4) is 0 Å². The van der Waals surface area contributed by atoms with E-state index >= 15 is 0 Å². The summed E-state index contributed by atoms with van der Waals surface area (Å²) in [6.45, 7) is 8.24. The molecule has 27 heavy (non-hydrogen) atoms. The van der Waals surface area contributed by atoms with Crippen molar-refractivity contribution in [3.63, 3.8) is 0 Å². The van der Waals surface area contributed by atoms with Crippen LogP contribution in [-0.4, -0.2) is 37.6 Å². The van der Waals surface area contributed by atoms with E-state index in [-0.39, 0.29) is 0 Å². The smallest absolute Gasteiger partial charge is 0.252 e. The van der Waals surface area contributed by atoms with E-state index < -0.39 is 0 Å². The van der Waals surface area contributed by atoms with E-state index in [1.54, 1.807) is 0 Å². The molecule has 140 valence electrons. The summed E-state index contributed by atoms with van der Waals surface area (Å²) in [5, 5.41) is 4.49. The average molecular weight is 362 g/mol. The average Bonchev–Trinajstić information content (AvgIpc) is 3.21. The van der Waals surface area contributed by atoms with Crippen molar-refractivity contribution in [3.05, 3.63) is 70.6 Å². The van der Waals surface area contributed by atoms with Crippen LogP contribution in [0, 0.1) is 26.7 Å². The van der Waals surface area contributed by atoms with Gasteiger partial charge in [-0.15, -0.1) is 0 Å². The maximum Gasteiger partial charge on any atom is 0.252 e. The van der Waals surface area contributed by atoms with Gasteiger partial charge in [-0.2, -0.15) is 10.1 Å². The normalized spacial score (nSPS) is 26.2. The van der Waals surface area contributed by atoms with E-state index in [4.69, 9.17) is 5.73 Å². The number of likely N-dealkylation sites (tertiary alicyclic amines) is 1. The summed E-state index contributed by atoms with van der Waals surface area (Å²) in [6, 6.07) is 0. The topological polar surface area (TPSA) is 72.3 Å². The molecule has 6 heteroatoms. The highest BCUT2D eigenvalue weighted by molar-refractivity contribution is 5.37. The van der Waals surface area contributed by atoms with Crippen LogP contribution in [0.2, 0.25) is 0 Å². The van der Waals surface area contributed by atoms with Gasteiger partial charge in [-0.05, 0) is 69.4 Å². The van der Waals surface area contributed by atoms with Crippen molar-refractivity contribution < 1.29 is 0 Å². The number of hydrogen-bond acceptors (Lipinski definition) is 5. The molecule has 0 bridgehead atoms. The van der Waals surface area contributed by atoms with Gasteiger partial charge in [0.15, 0.2) is 0 Å². The Labute approximate surface area is 159 Å². The van der Waals surface area contributed by atoms with Crippen LogP contribution >= 0.6 is 0 Å². The number of hydrogen-bond donors (Lipinski definition) is 1. The molecular formula is C21H26N6. The number of aryl methyl sites for hydroxylation is 3. The van der Waals surface area contributed by atoms with Gasteiger partial charge in [-0.25, -0.2) is 9.50 Å². The Bertz CT molecular complexity index is 992. The Hall–Kier alpha value is -2.89. The molecular weight excluding hydrogens is 336 g/mol. The molecule has 6 nitrogen and oxygen atoms in total. The molecule has 2 aliphatic rings. The maximum atomic E-state index is 5.84. The predicted molar refractivity (Wildman–Crippen MR) is 107 cm³/mol. The third-order valence-electron chi connectivity index (χ3n) is 5.41. The first-order valence-corrected chi connectivity index (χ1v) is 9.48. The van der Waals surface area contributed by atoms with Crippen LogP contribution in [0.5, 0.6) is 0 Å². The fourth-order valence-electron chi connectivity index (χ4n) is 3.96. The molecule has 1 fully saturated rings. The molecule has 1 aliphatic carbocycles. The highest BCUT2D eigenvalue weighted by Gasteiger charge is 2.25. The van der Waals surface area contributed by atoms with E-state index in [0.717, 1.165) is 42.4 Å². The number of fused-ring (bicyclic) bond motifs is 1. The molecule has 0 amide bonds. The van der Waals surface area contributed by atoms with Gasteiger partial charge < -0.3 is 10.6 Å². The third kappa shape index (κ3) is 3.52. The fourth-order valence-corrected chi connectivity index (χ4v) is 3.96. The zero-order valence-corrected chi connectivity index (χ0v) is 16.2. The van der Waals surface area contributed by atoms with Crippen molar-refractivity contribution in [2.75, 3.05) is 13.1 Å². The zero-order chi connectivity index (χ0) is 19.0. The van der Waals surface area contributed by atoms with E-state index in [1.807, 2.05) is 35.7 Å². The quantitative estimate of drug-likeness (QED) is 0.909. The Morgan fingerprint density at radius 3 is 2.78 bits per heavy atom. The highest BCUT2D eigenvalue weighted by Crippen LogP contribution is 2.27. The lowest BCUT2D eigenvalue weighted by atomic mass is 9.96. The van der Waals surface area contributed by atoms with Crippen molar-refractivity contribution in [1.82, 2.24) is 24.5 Å². The SMILES string of the molecule is Cc1nc2nc(C)c(CC3CCN(C4=C/C=C\C(N)=C/C=C\4)C3)c(C)n2n1. The molecule has 0 aromatic carbocycles. The summed E-state index contributed by atoms with van der Waals surface area (Å²) >= 11 is 0. The number of aromatic nitrogens is 4. The van der Waals surface area contributed by atoms with Crippen LogP contribution in [0.1, 0.15) is 29.2 Å². The molecule has 3 heterocycles. The first-order valence-electron chi connectivity index (χ1n) is 9.48. The Kier molecular flexibility index (Phi) is 4.56. The molecule has 2 N–H and O–H groups in total. The monoisotopic (exact) mass is 362 g/mol. The number of nitrogens with two attached hydrogens (primary N) is 1. The van der Waals surface area contributed by atoms with Gasteiger partial charge in [0.1, 0.15) is 5.82 Å². The van der Waals surface area contributed by atoms with Gasteiger partial charge in [0.2, 0.25) is 0 Å². The maximum absolute atomic E-state index is 5.84. The lowest BCUT2D eigenvalue weighted by molar-refractivity contribution is 0.413. The second kappa shape index (κ2) is 7.02. The zero-order valence-electron chi connectivity index (χ0n) is 16.2. The lowest BCUT2D eigenvalue weighted by Gasteiger charge is -2.20. The van der Waals surface area contributed by atoms with E-state index in [1.165, 1.54) is 17.7 Å². The van der Waals surface area contributed by atoms with E-state index in [9.17, 15) is 0 Å². The summed E-state index contributed by atoms with van der Waals surface area (Å²) in [5.41, 5.74) is 11.4. The first kappa shape index (κ1) is 17.5. The van der Waals surface area contributed by atoms with Crippen molar-refractivity contribution in [2.24, 2.45) is 11.7 Å². The van der Waals surface area contributed by atoms with Gasteiger partial charge in [0.05, 0.1) is 0 Å². The van der Waals surface area contributed by atoms with E-state index in [0.29, 0.717) is 11.7 Å². The van der Waals surface area contributed by atoms with Gasteiger partial charge in [0.25, 0.3) is 5.78 Å². The fraction of sp³-hybridized carbons (Fsp3) is 0.381. The molecule has 2 aromatic rings. The highest BCUT2D eigenvalue weighted by atomic mass is 15.3. The molecule has 0 saturated carbocycles. The van der Waals surface area contributed by atoms with Crippen molar-refractivity contribution >= 4 is 5.78 Å². The molecule has 4 rings (SSSR count). The second-order valence-corrected chi connectivity index (χ2v) is 7.41. The van der Waals surface area contributed by atoms with E-state index in [2.05, 4.69) is 46.0 Å². The summed E-state index contributed by atoms with van der Waals surface area (Å²) in [7, 11) is 0. The molecule has 1 aliphatic heterocycles. The number of nitrogens with zero attached hydrogens (tertiary/aromatic N) is 5. The van der Waals surface area contributed by atoms with Crippen LogP contribution in [0.25, 0.3) is 5.78 Å². The van der Waals surface area contributed by atoms with Crippen LogP contribution in [0.4, 0.5) is 0 Å². The number of rotatable bonds is 3. The largest absolute Gasteiger partial charge is 0.399 e. The molecule has 1 saturated heterocycles. The Morgan fingerprint density at radius 2 is 1.93 bits per heavy atom.